The van der Waals surface area contributed by atoms with E-state index in [2.05, 4.69) is 25.6 Å². The van der Waals surface area contributed by atoms with Gasteiger partial charge in [0.2, 0.25) is 0 Å². The van der Waals surface area contributed by atoms with Crippen LogP contribution in [0.3, 0.4) is 0 Å². The lowest BCUT2D eigenvalue weighted by Gasteiger charge is -2.24. The zero-order chi connectivity index (χ0) is 26.2. The molecule has 194 valence electrons. The van der Waals surface area contributed by atoms with Gasteiger partial charge in [-0.15, -0.1) is 5.10 Å². The highest BCUT2D eigenvalue weighted by Crippen LogP contribution is 2.37. The molecule has 0 aliphatic heterocycles. The molecule has 1 aliphatic carbocycles. The molecule has 1 N–H and O–H groups in total. The van der Waals surface area contributed by atoms with Crippen LogP contribution in [0.25, 0.3) is 33.8 Å². The number of nitrogens with zero attached hydrogens (tertiary/aromatic N) is 5. The van der Waals surface area contributed by atoms with Crippen molar-refractivity contribution in [1.82, 2.24) is 30.2 Å². The van der Waals surface area contributed by atoms with Crippen molar-refractivity contribution >= 4 is 22.6 Å². The summed E-state index contributed by atoms with van der Waals surface area (Å²) in [6.45, 7) is 0.00314. The molecule has 1 fully saturated rings. The summed E-state index contributed by atoms with van der Waals surface area (Å²) in [5.41, 5.74) is 1.94. The molecule has 11 heteroatoms. The summed E-state index contributed by atoms with van der Waals surface area (Å²) >= 11 is 6.32. The topological polar surface area (TPSA) is 81.5 Å². The number of tetrazole rings is 1. The molecule has 3 aromatic carbocycles. The van der Waals surface area contributed by atoms with Gasteiger partial charge in [0.1, 0.15) is 17.4 Å². The molecule has 7 nitrogen and oxygen atoms in total. The van der Waals surface area contributed by atoms with Gasteiger partial charge in [-0.25, -0.2) is 23.3 Å². The van der Waals surface area contributed by atoms with E-state index in [0.29, 0.717) is 44.6 Å². The van der Waals surface area contributed by atoms with Crippen molar-refractivity contribution < 1.29 is 17.9 Å². The van der Waals surface area contributed by atoms with E-state index in [1.165, 1.54) is 12.5 Å². The van der Waals surface area contributed by atoms with Crippen LogP contribution in [-0.4, -0.2) is 36.3 Å². The second-order valence-electron chi connectivity index (χ2n) is 9.35. The van der Waals surface area contributed by atoms with Crippen LogP contribution < -0.4 is 4.74 Å². The molecule has 0 amide bonds. The molecule has 6 rings (SSSR count). The summed E-state index contributed by atoms with van der Waals surface area (Å²) in [7, 11) is 0. The first-order valence-corrected chi connectivity index (χ1v) is 12.7. The normalized spacial score (nSPS) is 14.3. The Balaban J connectivity index is 1.46. The van der Waals surface area contributed by atoms with Gasteiger partial charge in [0.25, 0.3) is 0 Å². The Bertz CT molecular complexity index is 1620. The highest BCUT2D eigenvalue weighted by molar-refractivity contribution is 6.30. The fraction of sp³-hybridized carbons (Fsp3) is 0.259. The monoisotopic (exact) mass is 538 g/mol. The number of ether oxygens (including phenoxy) is 1. The predicted octanol–water partition coefficient (Wildman–Crippen LogP) is 6.71. The average Bonchev–Trinajstić information content (AvgIpc) is 3.56. The van der Waals surface area contributed by atoms with Crippen LogP contribution in [0.2, 0.25) is 5.02 Å². The lowest BCUT2D eigenvalue weighted by Crippen LogP contribution is -2.20. The van der Waals surface area contributed by atoms with Gasteiger partial charge in [0.15, 0.2) is 17.5 Å². The standard InChI is InChI=1S/C27H22ClF3N6O/c28-17-8-9-19(25(11-17)38-18-4-2-1-3-5-18)27-32-23-12-21(30)22(31)13-24(23)37(27)14-16-7-6-15(10-20(16)29)26-33-35-36-34-26/h6-13,18H,1-5,14H2,(H,33,34,35,36). The van der Waals surface area contributed by atoms with Gasteiger partial charge in [-0.2, -0.15) is 0 Å². The maximum Gasteiger partial charge on any atom is 0.179 e. The van der Waals surface area contributed by atoms with Gasteiger partial charge >= 0.3 is 0 Å². The van der Waals surface area contributed by atoms with E-state index in [1.54, 1.807) is 34.9 Å². The number of halogens is 4. The Morgan fingerprint density at radius 3 is 2.53 bits per heavy atom. The largest absolute Gasteiger partial charge is 0.490 e. The fourth-order valence-corrected chi connectivity index (χ4v) is 5.06. The van der Waals surface area contributed by atoms with Crippen LogP contribution >= 0.6 is 11.6 Å². The van der Waals surface area contributed by atoms with E-state index >= 15 is 4.39 Å². The summed E-state index contributed by atoms with van der Waals surface area (Å²) in [6.07, 6.45) is 5.22. The Labute approximate surface area is 220 Å². The molecule has 1 aliphatic rings. The van der Waals surface area contributed by atoms with E-state index < -0.39 is 17.5 Å². The van der Waals surface area contributed by atoms with E-state index in [0.717, 1.165) is 37.8 Å². The lowest BCUT2D eigenvalue weighted by atomic mass is 9.97. The number of rotatable bonds is 6. The first kappa shape index (κ1) is 24.4. The van der Waals surface area contributed by atoms with Crippen LogP contribution in [0.15, 0.2) is 48.5 Å². The summed E-state index contributed by atoms with van der Waals surface area (Å²) in [5, 5.41) is 13.9. The van der Waals surface area contributed by atoms with Crippen molar-refractivity contribution in [3.63, 3.8) is 0 Å². The number of nitrogens with one attached hydrogen (secondary N) is 1. The second kappa shape index (κ2) is 10.1. The van der Waals surface area contributed by atoms with Gasteiger partial charge in [0.05, 0.1) is 29.2 Å². The number of H-pyrrole nitrogens is 1. The smallest absolute Gasteiger partial charge is 0.179 e. The maximum absolute atomic E-state index is 15.3. The quantitative estimate of drug-likeness (QED) is 0.260. The maximum atomic E-state index is 15.3. The molecule has 38 heavy (non-hydrogen) atoms. The van der Waals surface area contributed by atoms with Gasteiger partial charge in [-0.05, 0) is 60.4 Å². The highest BCUT2D eigenvalue weighted by atomic mass is 35.5. The molecule has 2 heterocycles. The Morgan fingerprint density at radius 1 is 0.947 bits per heavy atom. The third kappa shape index (κ3) is 4.71. The predicted molar refractivity (Wildman–Crippen MR) is 136 cm³/mol. The molecular formula is C27H22ClF3N6O. The summed E-state index contributed by atoms with van der Waals surface area (Å²) in [6, 6.07) is 11.9. The van der Waals surface area contributed by atoms with E-state index in [1.807, 2.05) is 0 Å². The Hall–Kier alpha value is -3.92. The molecule has 5 aromatic rings. The summed E-state index contributed by atoms with van der Waals surface area (Å²) in [5.74, 6) is -1.31. The molecule has 0 radical (unpaired) electrons. The van der Waals surface area contributed by atoms with E-state index in [4.69, 9.17) is 16.3 Å². The van der Waals surface area contributed by atoms with Gasteiger partial charge in [-0.1, -0.05) is 30.2 Å². The van der Waals surface area contributed by atoms with Crippen molar-refractivity contribution in [2.24, 2.45) is 0 Å². The molecule has 2 aromatic heterocycles. The van der Waals surface area contributed by atoms with Gasteiger partial charge < -0.3 is 9.30 Å². The number of benzene rings is 3. The minimum Gasteiger partial charge on any atom is -0.490 e. The molecule has 0 spiro atoms. The number of fused-ring (bicyclic) bond motifs is 1. The zero-order valence-corrected chi connectivity index (χ0v) is 20.9. The average molecular weight is 539 g/mol. The molecular weight excluding hydrogens is 517 g/mol. The number of aromatic nitrogens is 6. The van der Waals surface area contributed by atoms with Crippen molar-refractivity contribution in [3.8, 4) is 28.5 Å². The number of aromatic amines is 1. The van der Waals surface area contributed by atoms with Crippen molar-refractivity contribution in [2.75, 3.05) is 0 Å². The summed E-state index contributed by atoms with van der Waals surface area (Å²) < 4.78 is 51.8. The fourth-order valence-electron chi connectivity index (χ4n) is 4.90. The number of hydrogen-bond acceptors (Lipinski definition) is 5. The van der Waals surface area contributed by atoms with Crippen LogP contribution in [0.5, 0.6) is 5.75 Å². The van der Waals surface area contributed by atoms with Gasteiger partial charge in [-0.3, -0.25) is 0 Å². The van der Waals surface area contributed by atoms with Crippen LogP contribution in [0, 0.1) is 17.5 Å². The number of hydrogen-bond donors (Lipinski definition) is 1. The van der Waals surface area contributed by atoms with Crippen molar-refractivity contribution in [1.29, 1.82) is 0 Å². The Kier molecular flexibility index (Phi) is 6.49. The minimum absolute atomic E-state index is 0.00314. The summed E-state index contributed by atoms with van der Waals surface area (Å²) in [4.78, 5) is 4.63. The second-order valence-corrected chi connectivity index (χ2v) is 9.79. The zero-order valence-electron chi connectivity index (χ0n) is 20.1. The van der Waals surface area contributed by atoms with E-state index in [-0.39, 0.29) is 18.2 Å². The Morgan fingerprint density at radius 2 is 1.76 bits per heavy atom. The first-order chi connectivity index (χ1) is 18.5. The molecule has 0 atom stereocenters. The van der Waals surface area contributed by atoms with Crippen molar-refractivity contribution in [3.05, 3.63) is 76.6 Å². The lowest BCUT2D eigenvalue weighted by molar-refractivity contribution is 0.155. The van der Waals surface area contributed by atoms with Crippen LogP contribution in [-0.2, 0) is 6.54 Å². The first-order valence-electron chi connectivity index (χ1n) is 12.3. The van der Waals surface area contributed by atoms with E-state index in [9.17, 15) is 8.78 Å². The van der Waals surface area contributed by atoms with Crippen LogP contribution in [0.1, 0.15) is 37.7 Å². The van der Waals surface area contributed by atoms with Crippen LogP contribution in [0.4, 0.5) is 13.2 Å². The van der Waals surface area contributed by atoms with Gasteiger partial charge in [0, 0.05) is 28.3 Å². The highest BCUT2D eigenvalue weighted by Gasteiger charge is 2.23. The van der Waals surface area contributed by atoms with Crippen molar-refractivity contribution in [2.45, 2.75) is 44.8 Å². The molecule has 0 saturated heterocycles. The third-order valence-electron chi connectivity index (χ3n) is 6.82. The minimum atomic E-state index is -1.02. The third-order valence-corrected chi connectivity index (χ3v) is 7.06. The molecule has 1 saturated carbocycles. The molecule has 0 bridgehead atoms. The SMILES string of the molecule is Fc1cc2nc(-c3ccc(Cl)cc3OC3CCCCC3)n(Cc3ccc(-c4nnn[nH]4)cc3F)c2cc1F. The number of imidazole rings is 1. The molecule has 0 unspecified atom stereocenters.